The quantitative estimate of drug-likeness (QED) is 0.910. The van der Waals surface area contributed by atoms with Gasteiger partial charge in [-0.2, -0.15) is 0 Å². The molecule has 1 N–H and O–H groups in total. The molecule has 118 valence electrons. The zero-order valence-corrected chi connectivity index (χ0v) is 12.6. The number of carbonyl (C=O) groups is 2. The highest BCUT2D eigenvalue weighted by atomic mass is 16.2. The molecule has 3 heterocycles. The first-order valence-electron chi connectivity index (χ1n) is 7.51. The van der Waals surface area contributed by atoms with Gasteiger partial charge in [0.1, 0.15) is 11.4 Å². The smallest absolute Gasteiger partial charge is 0.274 e. The van der Waals surface area contributed by atoms with Crippen LogP contribution in [0.15, 0.2) is 43.0 Å². The van der Waals surface area contributed by atoms with Gasteiger partial charge in [-0.15, -0.1) is 0 Å². The lowest BCUT2D eigenvalue weighted by molar-refractivity contribution is 0.0691. The maximum absolute atomic E-state index is 12.3. The summed E-state index contributed by atoms with van der Waals surface area (Å²) in [5.41, 5.74) is 0.758. The number of rotatable bonds is 3. The van der Waals surface area contributed by atoms with E-state index >= 15 is 0 Å². The molecule has 1 aliphatic heterocycles. The van der Waals surface area contributed by atoms with Crippen molar-refractivity contribution < 1.29 is 9.59 Å². The number of aromatic nitrogens is 3. The lowest BCUT2D eigenvalue weighted by atomic mass is 10.0. The lowest BCUT2D eigenvalue weighted by Crippen LogP contribution is -2.46. The van der Waals surface area contributed by atoms with E-state index in [1.54, 1.807) is 29.3 Å². The number of pyridine rings is 1. The van der Waals surface area contributed by atoms with Crippen molar-refractivity contribution in [3.8, 4) is 0 Å². The van der Waals surface area contributed by atoms with E-state index < -0.39 is 0 Å². The normalized spacial score (nSPS) is 15.2. The van der Waals surface area contributed by atoms with Gasteiger partial charge in [0.15, 0.2) is 0 Å². The Hall–Kier alpha value is -2.83. The Balaban J connectivity index is 1.53. The van der Waals surface area contributed by atoms with Crippen LogP contribution in [0.4, 0.5) is 0 Å². The third-order valence-electron chi connectivity index (χ3n) is 3.80. The van der Waals surface area contributed by atoms with Gasteiger partial charge in [0, 0.05) is 37.7 Å². The molecule has 3 rings (SSSR count). The van der Waals surface area contributed by atoms with E-state index in [9.17, 15) is 9.59 Å². The van der Waals surface area contributed by atoms with E-state index in [4.69, 9.17) is 0 Å². The van der Waals surface area contributed by atoms with Crippen LogP contribution in [0, 0.1) is 0 Å². The number of piperidine rings is 1. The summed E-state index contributed by atoms with van der Waals surface area (Å²) >= 11 is 0. The molecule has 1 fully saturated rings. The summed E-state index contributed by atoms with van der Waals surface area (Å²) in [5.74, 6) is -0.295. The van der Waals surface area contributed by atoms with Crippen molar-refractivity contribution in [1.82, 2.24) is 25.2 Å². The van der Waals surface area contributed by atoms with Crippen LogP contribution in [0.3, 0.4) is 0 Å². The maximum Gasteiger partial charge on any atom is 0.274 e. The fourth-order valence-corrected chi connectivity index (χ4v) is 2.55. The Morgan fingerprint density at radius 3 is 2.48 bits per heavy atom. The Bertz CT molecular complexity index is 669. The predicted molar refractivity (Wildman–Crippen MR) is 82.7 cm³/mol. The average Bonchev–Trinajstić information content (AvgIpc) is 2.63. The third-order valence-corrected chi connectivity index (χ3v) is 3.80. The van der Waals surface area contributed by atoms with Crippen LogP contribution >= 0.6 is 0 Å². The topological polar surface area (TPSA) is 88.1 Å². The highest BCUT2D eigenvalue weighted by Gasteiger charge is 2.25. The molecule has 2 amide bonds. The first-order chi connectivity index (χ1) is 11.2. The Labute approximate surface area is 133 Å². The van der Waals surface area contributed by atoms with Gasteiger partial charge in [-0.25, -0.2) is 4.98 Å². The van der Waals surface area contributed by atoms with Crippen molar-refractivity contribution in [2.75, 3.05) is 13.1 Å². The van der Waals surface area contributed by atoms with Crippen LogP contribution in [-0.2, 0) is 0 Å². The van der Waals surface area contributed by atoms with Gasteiger partial charge < -0.3 is 10.2 Å². The summed E-state index contributed by atoms with van der Waals surface area (Å²) in [5, 5.41) is 2.97. The van der Waals surface area contributed by atoms with Crippen molar-refractivity contribution >= 4 is 11.8 Å². The summed E-state index contributed by atoms with van der Waals surface area (Å²) in [7, 11) is 0. The van der Waals surface area contributed by atoms with Gasteiger partial charge in [-0.05, 0) is 25.0 Å². The summed E-state index contributed by atoms with van der Waals surface area (Å²) in [6.45, 7) is 1.17. The van der Waals surface area contributed by atoms with E-state index in [2.05, 4.69) is 20.3 Å². The Morgan fingerprint density at radius 1 is 1.04 bits per heavy atom. The predicted octanol–water partition coefficient (Wildman–Crippen LogP) is 0.906. The van der Waals surface area contributed by atoms with Crippen LogP contribution < -0.4 is 5.32 Å². The third kappa shape index (κ3) is 3.68. The van der Waals surface area contributed by atoms with Crippen molar-refractivity contribution in [2.45, 2.75) is 18.9 Å². The molecule has 2 aromatic heterocycles. The first kappa shape index (κ1) is 15.1. The van der Waals surface area contributed by atoms with Crippen LogP contribution in [0.1, 0.15) is 33.8 Å². The molecule has 0 aromatic carbocycles. The van der Waals surface area contributed by atoms with Gasteiger partial charge >= 0.3 is 0 Å². The maximum atomic E-state index is 12.3. The molecule has 23 heavy (non-hydrogen) atoms. The summed E-state index contributed by atoms with van der Waals surface area (Å²) in [4.78, 5) is 38.1. The lowest BCUT2D eigenvalue weighted by Gasteiger charge is -2.32. The van der Waals surface area contributed by atoms with E-state index in [1.807, 2.05) is 0 Å². The number of hydrogen-bond donors (Lipinski definition) is 1. The molecule has 0 unspecified atom stereocenters. The molecular weight excluding hydrogens is 294 g/mol. The standard InChI is InChI=1S/C16H17N5O2/c22-15(13-3-1-2-6-18-13)20-12-4-9-21(10-5-12)16(23)14-11-17-7-8-19-14/h1-3,6-8,11-12H,4-5,9-10H2,(H,20,22). The summed E-state index contributed by atoms with van der Waals surface area (Å²) in [6.07, 6.45) is 7.53. The van der Waals surface area contributed by atoms with Gasteiger partial charge in [0.2, 0.25) is 0 Å². The van der Waals surface area contributed by atoms with Crippen LogP contribution in [0.2, 0.25) is 0 Å². The SMILES string of the molecule is O=C(NC1CCN(C(=O)c2cnccn2)CC1)c1ccccn1. The number of hydrogen-bond acceptors (Lipinski definition) is 5. The van der Waals surface area contributed by atoms with Gasteiger partial charge in [0.25, 0.3) is 11.8 Å². The van der Waals surface area contributed by atoms with Gasteiger partial charge in [0.05, 0.1) is 6.20 Å². The van der Waals surface area contributed by atoms with Gasteiger partial charge in [-0.3, -0.25) is 19.6 Å². The number of nitrogens with one attached hydrogen (secondary N) is 1. The Kier molecular flexibility index (Phi) is 4.56. The molecule has 0 saturated carbocycles. The fourth-order valence-electron chi connectivity index (χ4n) is 2.55. The van der Waals surface area contributed by atoms with Crippen LogP contribution in [-0.4, -0.2) is 50.8 Å². The molecule has 0 aliphatic carbocycles. The molecule has 0 atom stereocenters. The molecular formula is C16H17N5O2. The molecule has 0 radical (unpaired) electrons. The number of carbonyl (C=O) groups excluding carboxylic acids is 2. The molecule has 7 nitrogen and oxygen atoms in total. The van der Waals surface area contributed by atoms with Crippen molar-refractivity contribution in [3.05, 3.63) is 54.4 Å². The molecule has 7 heteroatoms. The minimum atomic E-state index is -0.177. The van der Waals surface area contributed by atoms with E-state index in [0.717, 1.165) is 0 Å². The molecule has 1 saturated heterocycles. The fraction of sp³-hybridized carbons (Fsp3) is 0.312. The largest absolute Gasteiger partial charge is 0.348 e. The number of nitrogens with zero attached hydrogens (tertiary/aromatic N) is 4. The van der Waals surface area contributed by atoms with Crippen molar-refractivity contribution in [3.63, 3.8) is 0 Å². The van der Waals surface area contributed by atoms with E-state index in [-0.39, 0.29) is 17.9 Å². The zero-order chi connectivity index (χ0) is 16.1. The summed E-state index contributed by atoms with van der Waals surface area (Å²) < 4.78 is 0. The van der Waals surface area contributed by atoms with E-state index in [0.29, 0.717) is 37.3 Å². The first-order valence-corrected chi connectivity index (χ1v) is 7.51. The van der Waals surface area contributed by atoms with E-state index in [1.165, 1.54) is 18.6 Å². The zero-order valence-electron chi connectivity index (χ0n) is 12.6. The summed E-state index contributed by atoms with van der Waals surface area (Å²) in [6, 6.07) is 5.29. The number of likely N-dealkylation sites (tertiary alicyclic amines) is 1. The number of amides is 2. The molecule has 2 aromatic rings. The minimum Gasteiger partial charge on any atom is -0.348 e. The van der Waals surface area contributed by atoms with Gasteiger partial charge in [-0.1, -0.05) is 6.07 Å². The second-order valence-corrected chi connectivity index (χ2v) is 5.35. The Morgan fingerprint density at radius 2 is 1.83 bits per heavy atom. The highest BCUT2D eigenvalue weighted by Crippen LogP contribution is 2.13. The second-order valence-electron chi connectivity index (χ2n) is 5.35. The minimum absolute atomic E-state index is 0.0513. The molecule has 0 bridgehead atoms. The molecule has 0 spiro atoms. The van der Waals surface area contributed by atoms with Crippen molar-refractivity contribution in [2.24, 2.45) is 0 Å². The monoisotopic (exact) mass is 311 g/mol. The van der Waals surface area contributed by atoms with Crippen LogP contribution in [0.25, 0.3) is 0 Å². The molecule has 1 aliphatic rings. The average molecular weight is 311 g/mol. The van der Waals surface area contributed by atoms with Crippen LogP contribution in [0.5, 0.6) is 0 Å². The van der Waals surface area contributed by atoms with Crippen molar-refractivity contribution in [1.29, 1.82) is 0 Å². The highest BCUT2D eigenvalue weighted by molar-refractivity contribution is 5.93. The second kappa shape index (κ2) is 6.95.